The molecule has 1 heterocycles. The Bertz CT molecular complexity index is 413. The number of urea groups is 1. The molecule has 1 fully saturated rings. The average Bonchev–Trinajstić information content (AvgIpc) is 2.37. The normalized spacial score (nSPS) is 27.0. The fourth-order valence-corrected chi connectivity index (χ4v) is 2.76. The van der Waals surface area contributed by atoms with Crippen LogP contribution >= 0.6 is 0 Å². The predicted octanol–water partition coefficient (Wildman–Crippen LogP) is 0.781. The zero-order valence-electron chi connectivity index (χ0n) is 12.8. The van der Waals surface area contributed by atoms with Crippen LogP contribution in [0.1, 0.15) is 40.0 Å². The van der Waals surface area contributed by atoms with Crippen molar-refractivity contribution >= 4 is 17.9 Å². The van der Waals surface area contributed by atoms with Crippen molar-refractivity contribution in [3.05, 3.63) is 0 Å². The summed E-state index contributed by atoms with van der Waals surface area (Å²) < 4.78 is 0. The highest BCUT2D eigenvalue weighted by molar-refractivity contribution is 5.83. The number of carboxylic acid groups (broad SMARTS) is 1. The molecule has 3 unspecified atom stereocenters. The van der Waals surface area contributed by atoms with E-state index in [2.05, 4.69) is 19.2 Å². The van der Waals surface area contributed by atoms with Crippen LogP contribution in [-0.4, -0.2) is 46.5 Å². The number of primary amides is 1. The minimum Gasteiger partial charge on any atom is -0.480 e. The van der Waals surface area contributed by atoms with E-state index in [0.29, 0.717) is 18.4 Å². The SMILES string of the molecule is CC1CC(C)C(C)N(C(=O)N[C@@H](CCC(N)=O)C(=O)O)C1. The second kappa shape index (κ2) is 7.28. The monoisotopic (exact) mass is 299 g/mol. The Balaban J connectivity index is 2.67. The van der Waals surface area contributed by atoms with Gasteiger partial charge in [-0.05, 0) is 31.6 Å². The minimum absolute atomic E-state index is 0.00371. The van der Waals surface area contributed by atoms with Crippen LogP contribution in [0.3, 0.4) is 0 Å². The summed E-state index contributed by atoms with van der Waals surface area (Å²) in [5, 5.41) is 11.6. The zero-order chi connectivity index (χ0) is 16.2. The van der Waals surface area contributed by atoms with Crippen LogP contribution in [0.15, 0.2) is 0 Å². The molecule has 0 spiro atoms. The standard InChI is InChI=1S/C14H25N3O4/c1-8-6-9(2)10(3)17(7-8)14(21)16-11(13(19)20)4-5-12(15)18/h8-11H,4-7H2,1-3H3,(H2,15,18)(H,16,21)(H,19,20)/t8?,9?,10?,11-/m0/s1. The molecule has 0 radical (unpaired) electrons. The maximum absolute atomic E-state index is 12.3. The Kier molecular flexibility index (Phi) is 5.99. The van der Waals surface area contributed by atoms with E-state index in [9.17, 15) is 14.4 Å². The molecule has 120 valence electrons. The highest BCUT2D eigenvalue weighted by Crippen LogP contribution is 2.26. The molecular weight excluding hydrogens is 274 g/mol. The maximum atomic E-state index is 12.3. The molecule has 1 aliphatic heterocycles. The number of carbonyl (C=O) groups excluding carboxylic acids is 2. The molecule has 1 aliphatic rings. The Morgan fingerprint density at radius 1 is 1.33 bits per heavy atom. The van der Waals surface area contributed by atoms with Gasteiger partial charge < -0.3 is 21.1 Å². The highest BCUT2D eigenvalue weighted by atomic mass is 16.4. The largest absolute Gasteiger partial charge is 0.480 e. The lowest BCUT2D eigenvalue weighted by Crippen LogP contribution is -2.55. The molecule has 0 bridgehead atoms. The van der Waals surface area contributed by atoms with Crippen LogP contribution in [0.5, 0.6) is 0 Å². The van der Waals surface area contributed by atoms with Gasteiger partial charge in [0.15, 0.2) is 0 Å². The average molecular weight is 299 g/mol. The van der Waals surface area contributed by atoms with Gasteiger partial charge in [0.1, 0.15) is 6.04 Å². The molecule has 4 N–H and O–H groups in total. The van der Waals surface area contributed by atoms with Crippen LogP contribution in [0, 0.1) is 11.8 Å². The molecule has 7 heteroatoms. The lowest BCUT2D eigenvalue weighted by Gasteiger charge is -2.41. The van der Waals surface area contributed by atoms with Crippen LogP contribution < -0.4 is 11.1 Å². The summed E-state index contributed by atoms with van der Waals surface area (Å²) in [6.45, 7) is 6.74. The van der Waals surface area contributed by atoms with Crippen molar-refractivity contribution < 1.29 is 19.5 Å². The molecule has 4 atom stereocenters. The summed E-state index contributed by atoms with van der Waals surface area (Å²) >= 11 is 0. The summed E-state index contributed by atoms with van der Waals surface area (Å²) in [7, 11) is 0. The van der Waals surface area contributed by atoms with Crippen molar-refractivity contribution in [1.82, 2.24) is 10.2 Å². The van der Waals surface area contributed by atoms with Crippen molar-refractivity contribution in [2.24, 2.45) is 17.6 Å². The first kappa shape index (κ1) is 17.3. The van der Waals surface area contributed by atoms with Crippen molar-refractivity contribution in [3.63, 3.8) is 0 Å². The number of nitrogens with zero attached hydrogens (tertiary/aromatic N) is 1. The van der Waals surface area contributed by atoms with Gasteiger partial charge in [0, 0.05) is 19.0 Å². The van der Waals surface area contributed by atoms with Crippen molar-refractivity contribution in [3.8, 4) is 0 Å². The lowest BCUT2D eigenvalue weighted by molar-refractivity contribution is -0.139. The fourth-order valence-electron chi connectivity index (χ4n) is 2.76. The first-order valence-corrected chi connectivity index (χ1v) is 7.30. The summed E-state index contributed by atoms with van der Waals surface area (Å²) in [6.07, 6.45) is 0.984. The van der Waals surface area contributed by atoms with Crippen LogP contribution in [0.4, 0.5) is 4.79 Å². The number of carbonyl (C=O) groups is 3. The fraction of sp³-hybridized carbons (Fsp3) is 0.786. The number of nitrogens with two attached hydrogens (primary N) is 1. The van der Waals surface area contributed by atoms with Gasteiger partial charge in [-0.25, -0.2) is 9.59 Å². The lowest BCUT2D eigenvalue weighted by atomic mass is 9.86. The molecule has 0 aromatic rings. The Hall–Kier alpha value is -1.79. The third-order valence-electron chi connectivity index (χ3n) is 4.13. The number of carboxylic acids is 1. The Morgan fingerprint density at radius 2 is 1.95 bits per heavy atom. The van der Waals surface area contributed by atoms with E-state index >= 15 is 0 Å². The number of nitrogens with one attached hydrogen (secondary N) is 1. The summed E-state index contributed by atoms with van der Waals surface area (Å²) in [6, 6.07) is -1.42. The minimum atomic E-state index is -1.16. The Labute approximate surface area is 124 Å². The van der Waals surface area contributed by atoms with Crippen LogP contribution in [-0.2, 0) is 9.59 Å². The van der Waals surface area contributed by atoms with E-state index in [1.165, 1.54) is 0 Å². The number of rotatable bonds is 5. The maximum Gasteiger partial charge on any atom is 0.326 e. The smallest absolute Gasteiger partial charge is 0.326 e. The van der Waals surface area contributed by atoms with Crippen LogP contribution in [0.2, 0.25) is 0 Å². The first-order chi connectivity index (χ1) is 9.72. The summed E-state index contributed by atoms with van der Waals surface area (Å²) in [5.41, 5.74) is 5.02. The van der Waals surface area contributed by atoms with Crippen molar-refractivity contribution in [2.75, 3.05) is 6.54 Å². The number of piperidine rings is 1. The molecule has 0 aliphatic carbocycles. The number of hydrogen-bond donors (Lipinski definition) is 3. The third kappa shape index (κ3) is 4.91. The van der Waals surface area contributed by atoms with Gasteiger partial charge in [0.25, 0.3) is 0 Å². The number of amides is 3. The summed E-state index contributed by atoms with van der Waals surface area (Å²) in [4.78, 5) is 35.9. The molecule has 7 nitrogen and oxygen atoms in total. The predicted molar refractivity (Wildman–Crippen MR) is 77.5 cm³/mol. The Morgan fingerprint density at radius 3 is 2.48 bits per heavy atom. The second-order valence-electron chi connectivity index (χ2n) is 6.06. The molecule has 3 amide bonds. The third-order valence-corrected chi connectivity index (χ3v) is 4.13. The van der Waals surface area contributed by atoms with Gasteiger partial charge in [-0.2, -0.15) is 0 Å². The number of likely N-dealkylation sites (tertiary alicyclic amines) is 1. The molecule has 0 saturated carbocycles. The van der Waals surface area contributed by atoms with E-state index < -0.39 is 23.9 Å². The quantitative estimate of drug-likeness (QED) is 0.696. The van der Waals surface area contributed by atoms with Gasteiger partial charge >= 0.3 is 12.0 Å². The second-order valence-corrected chi connectivity index (χ2v) is 6.06. The van der Waals surface area contributed by atoms with E-state index in [1.54, 1.807) is 4.90 Å². The van der Waals surface area contributed by atoms with E-state index in [4.69, 9.17) is 10.8 Å². The number of aliphatic carboxylic acids is 1. The van der Waals surface area contributed by atoms with Gasteiger partial charge in [-0.3, -0.25) is 4.79 Å². The number of hydrogen-bond acceptors (Lipinski definition) is 3. The summed E-state index contributed by atoms with van der Waals surface area (Å²) in [5.74, 6) is -0.983. The molecule has 0 aromatic carbocycles. The van der Waals surface area contributed by atoms with E-state index in [-0.39, 0.29) is 18.9 Å². The first-order valence-electron chi connectivity index (χ1n) is 7.30. The van der Waals surface area contributed by atoms with Crippen molar-refractivity contribution in [2.45, 2.75) is 52.1 Å². The highest BCUT2D eigenvalue weighted by Gasteiger charge is 2.33. The molecule has 0 aromatic heterocycles. The van der Waals surface area contributed by atoms with Crippen LogP contribution in [0.25, 0.3) is 0 Å². The molecule has 1 rings (SSSR count). The zero-order valence-corrected chi connectivity index (χ0v) is 12.8. The molecular formula is C14H25N3O4. The van der Waals surface area contributed by atoms with E-state index in [0.717, 1.165) is 6.42 Å². The van der Waals surface area contributed by atoms with E-state index in [1.807, 2.05) is 6.92 Å². The topological polar surface area (TPSA) is 113 Å². The van der Waals surface area contributed by atoms with Gasteiger partial charge in [0.05, 0.1) is 0 Å². The van der Waals surface area contributed by atoms with Gasteiger partial charge in [-0.1, -0.05) is 13.8 Å². The van der Waals surface area contributed by atoms with Crippen molar-refractivity contribution in [1.29, 1.82) is 0 Å². The molecule has 1 saturated heterocycles. The van der Waals surface area contributed by atoms with Gasteiger partial charge in [0.2, 0.25) is 5.91 Å². The van der Waals surface area contributed by atoms with Gasteiger partial charge in [-0.15, -0.1) is 0 Å². The molecule has 21 heavy (non-hydrogen) atoms.